The Kier molecular flexibility index (Phi) is 6.43. The van der Waals surface area contributed by atoms with Crippen LogP contribution in [0.2, 0.25) is 0 Å². The lowest BCUT2D eigenvalue weighted by atomic mass is 9.92. The van der Waals surface area contributed by atoms with Crippen molar-refractivity contribution in [2.75, 3.05) is 26.7 Å². The molecule has 0 fully saturated rings. The van der Waals surface area contributed by atoms with Gasteiger partial charge < -0.3 is 9.64 Å². The summed E-state index contributed by atoms with van der Waals surface area (Å²) in [6.45, 7) is 4.68. The van der Waals surface area contributed by atoms with Gasteiger partial charge in [0, 0.05) is 26.3 Å². The fourth-order valence-corrected chi connectivity index (χ4v) is 3.39. The van der Waals surface area contributed by atoms with Gasteiger partial charge in [-0.15, -0.1) is 0 Å². The van der Waals surface area contributed by atoms with Crippen molar-refractivity contribution in [3.05, 3.63) is 89.7 Å². The van der Waals surface area contributed by atoms with Crippen molar-refractivity contribution in [3.63, 3.8) is 0 Å². The number of aromatic nitrogens is 2. The first kappa shape index (κ1) is 19.3. The van der Waals surface area contributed by atoms with Gasteiger partial charge in [-0.05, 0) is 37.6 Å². The van der Waals surface area contributed by atoms with E-state index in [0.717, 1.165) is 30.8 Å². The Bertz CT molecular complexity index is 816. The first-order valence-electron chi connectivity index (χ1n) is 9.50. The molecule has 0 N–H and O–H groups in total. The molecule has 142 valence electrons. The first-order valence-corrected chi connectivity index (χ1v) is 9.50. The Morgan fingerprint density at radius 3 is 2.26 bits per heavy atom. The summed E-state index contributed by atoms with van der Waals surface area (Å²) in [6, 6.07) is 23.0. The van der Waals surface area contributed by atoms with Gasteiger partial charge in [-0.2, -0.15) is 5.10 Å². The second-order valence-corrected chi connectivity index (χ2v) is 7.13. The van der Waals surface area contributed by atoms with Crippen LogP contribution >= 0.6 is 0 Å². The lowest BCUT2D eigenvalue weighted by Crippen LogP contribution is -2.34. The predicted molar refractivity (Wildman–Crippen MR) is 110 cm³/mol. The summed E-state index contributed by atoms with van der Waals surface area (Å²) in [5.41, 5.74) is 3.04. The molecule has 3 aromatic rings. The summed E-state index contributed by atoms with van der Waals surface area (Å²) >= 11 is 0. The number of hydrogen-bond acceptors (Lipinski definition) is 3. The Balaban J connectivity index is 1.61. The number of hydrogen-bond donors (Lipinski definition) is 0. The predicted octanol–water partition coefficient (Wildman–Crippen LogP) is 3.87. The normalized spacial score (nSPS) is 13.6. The number of ether oxygens (including phenoxy) is 1. The second kappa shape index (κ2) is 8.98. The van der Waals surface area contributed by atoms with Gasteiger partial charge in [0.1, 0.15) is 5.60 Å². The van der Waals surface area contributed by atoms with Crippen LogP contribution in [0.4, 0.5) is 0 Å². The van der Waals surface area contributed by atoms with Gasteiger partial charge in [0.05, 0.1) is 12.3 Å². The zero-order valence-corrected chi connectivity index (χ0v) is 16.5. The molecule has 1 aromatic heterocycles. The third-order valence-electron chi connectivity index (χ3n) is 5.12. The van der Waals surface area contributed by atoms with Crippen molar-refractivity contribution in [2.24, 2.45) is 7.05 Å². The second-order valence-electron chi connectivity index (χ2n) is 7.13. The summed E-state index contributed by atoms with van der Waals surface area (Å²) in [7, 11) is 4.11. The highest BCUT2D eigenvalue weighted by molar-refractivity contribution is 5.31. The molecule has 1 atom stereocenters. The molecule has 4 nitrogen and oxygen atoms in total. The van der Waals surface area contributed by atoms with Gasteiger partial charge in [-0.1, -0.05) is 60.7 Å². The SMILES string of the molecule is CN(CCO[C@](C)(c1ccccc1)c1ccnn1C)CCc1ccccc1. The molecule has 0 aliphatic heterocycles. The van der Waals surface area contributed by atoms with Gasteiger partial charge in [0.15, 0.2) is 0 Å². The van der Waals surface area contributed by atoms with Crippen LogP contribution in [0.3, 0.4) is 0 Å². The quantitative estimate of drug-likeness (QED) is 0.578. The molecular formula is C23H29N3O. The van der Waals surface area contributed by atoms with E-state index >= 15 is 0 Å². The van der Waals surface area contributed by atoms with Crippen LogP contribution < -0.4 is 0 Å². The lowest BCUT2D eigenvalue weighted by Gasteiger charge is -2.31. The minimum atomic E-state index is -0.521. The van der Waals surface area contributed by atoms with E-state index in [4.69, 9.17) is 4.74 Å². The maximum absolute atomic E-state index is 6.46. The van der Waals surface area contributed by atoms with Crippen LogP contribution in [0.15, 0.2) is 72.9 Å². The average molecular weight is 364 g/mol. The molecule has 3 rings (SSSR count). The third-order valence-corrected chi connectivity index (χ3v) is 5.12. The molecule has 0 bridgehead atoms. The van der Waals surface area contributed by atoms with Gasteiger partial charge in [-0.25, -0.2) is 0 Å². The van der Waals surface area contributed by atoms with Crippen LogP contribution in [0.25, 0.3) is 0 Å². The van der Waals surface area contributed by atoms with E-state index < -0.39 is 5.60 Å². The molecule has 0 unspecified atom stereocenters. The van der Waals surface area contributed by atoms with E-state index in [-0.39, 0.29) is 0 Å². The summed E-state index contributed by atoms with van der Waals surface area (Å²) in [5.74, 6) is 0. The number of nitrogens with zero attached hydrogens (tertiary/aromatic N) is 3. The smallest absolute Gasteiger partial charge is 0.132 e. The van der Waals surface area contributed by atoms with Gasteiger partial charge in [0.25, 0.3) is 0 Å². The zero-order chi connectivity index (χ0) is 19.1. The van der Waals surface area contributed by atoms with Crippen LogP contribution in [0.5, 0.6) is 0 Å². The van der Waals surface area contributed by atoms with E-state index in [0.29, 0.717) is 6.61 Å². The summed E-state index contributed by atoms with van der Waals surface area (Å²) in [6.07, 6.45) is 2.88. The molecule has 0 saturated heterocycles. The summed E-state index contributed by atoms with van der Waals surface area (Å²) < 4.78 is 8.36. The van der Waals surface area contributed by atoms with Gasteiger partial charge in [-0.3, -0.25) is 4.68 Å². The fourth-order valence-electron chi connectivity index (χ4n) is 3.39. The monoisotopic (exact) mass is 363 g/mol. The third kappa shape index (κ3) is 4.85. The van der Waals surface area contributed by atoms with Crippen LogP contribution in [0.1, 0.15) is 23.7 Å². The summed E-state index contributed by atoms with van der Waals surface area (Å²) in [5, 5.41) is 4.34. The highest BCUT2D eigenvalue weighted by atomic mass is 16.5. The molecule has 0 aliphatic carbocycles. The standard InChI is InChI=1S/C23H29N3O/c1-23(21-12-8-5-9-13-21,22-14-16-24-26(22)3)27-19-18-25(2)17-15-20-10-6-4-7-11-20/h4-14,16H,15,17-19H2,1-3H3/t23-/m1/s1. The maximum Gasteiger partial charge on any atom is 0.132 e. The number of aryl methyl sites for hydroxylation is 1. The van der Waals surface area contributed by atoms with Gasteiger partial charge >= 0.3 is 0 Å². The molecule has 0 saturated carbocycles. The number of rotatable bonds is 9. The topological polar surface area (TPSA) is 30.3 Å². The highest BCUT2D eigenvalue weighted by Crippen LogP contribution is 2.32. The minimum absolute atomic E-state index is 0.521. The summed E-state index contributed by atoms with van der Waals surface area (Å²) in [4.78, 5) is 2.32. The van der Waals surface area contributed by atoms with Crippen LogP contribution in [0, 0.1) is 0 Å². The molecule has 1 heterocycles. The molecule has 0 spiro atoms. The van der Waals surface area contributed by atoms with E-state index in [1.54, 1.807) is 0 Å². The van der Waals surface area contributed by atoms with E-state index in [9.17, 15) is 0 Å². The molecular weight excluding hydrogens is 334 g/mol. The van der Waals surface area contributed by atoms with Crippen molar-refractivity contribution < 1.29 is 4.74 Å². The van der Waals surface area contributed by atoms with E-state index in [1.807, 2.05) is 30.1 Å². The van der Waals surface area contributed by atoms with E-state index in [1.165, 1.54) is 5.56 Å². The van der Waals surface area contributed by atoms with Crippen molar-refractivity contribution in [2.45, 2.75) is 18.9 Å². The highest BCUT2D eigenvalue weighted by Gasteiger charge is 2.32. The fraction of sp³-hybridized carbons (Fsp3) is 0.348. The minimum Gasteiger partial charge on any atom is -0.363 e. The average Bonchev–Trinajstić information content (AvgIpc) is 3.14. The van der Waals surface area contributed by atoms with Gasteiger partial charge in [0.2, 0.25) is 0 Å². The number of benzene rings is 2. The lowest BCUT2D eigenvalue weighted by molar-refractivity contribution is -0.0173. The molecule has 0 amide bonds. The largest absolute Gasteiger partial charge is 0.363 e. The van der Waals surface area contributed by atoms with Crippen LogP contribution in [-0.4, -0.2) is 41.4 Å². The molecule has 0 aliphatic rings. The van der Waals surface area contributed by atoms with Crippen LogP contribution in [-0.2, 0) is 23.8 Å². The molecule has 0 radical (unpaired) electrons. The Morgan fingerprint density at radius 2 is 1.63 bits per heavy atom. The number of likely N-dealkylation sites (N-methyl/N-ethyl adjacent to an activating group) is 1. The Morgan fingerprint density at radius 1 is 0.963 bits per heavy atom. The Hall–Kier alpha value is -2.43. The molecule has 27 heavy (non-hydrogen) atoms. The Labute approximate surface area is 162 Å². The van der Waals surface area contributed by atoms with Crippen molar-refractivity contribution in [3.8, 4) is 0 Å². The van der Waals surface area contributed by atoms with Crippen molar-refractivity contribution in [1.82, 2.24) is 14.7 Å². The zero-order valence-electron chi connectivity index (χ0n) is 16.5. The van der Waals surface area contributed by atoms with E-state index in [2.05, 4.69) is 78.6 Å². The molecule has 4 heteroatoms. The maximum atomic E-state index is 6.46. The van der Waals surface area contributed by atoms with Crippen molar-refractivity contribution in [1.29, 1.82) is 0 Å². The van der Waals surface area contributed by atoms with Crippen molar-refractivity contribution >= 4 is 0 Å². The molecule has 2 aromatic carbocycles. The first-order chi connectivity index (χ1) is 13.1.